The lowest BCUT2D eigenvalue weighted by Crippen LogP contribution is -2.12. The van der Waals surface area contributed by atoms with Gasteiger partial charge in [0, 0.05) is 17.5 Å². The van der Waals surface area contributed by atoms with Gasteiger partial charge in [-0.1, -0.05) is 6.07 Å². The highest BCUT2D eigenvalue weighted by Crippen LogP contribution is 2.38. The third kappa shape index (κ3) is 2.27. The predicted molar refractivity (Wildman–Crippen MR) is 52.4 cm³/mol. The van der Waals surface area contributed by atoms with Crippen molar-refractivity contribution >= 4 is 17.3 Å². The lowest BCUT2D eigenvalue weighted by atomic mass is 10.0. The van der Waals surface area contributed by atoms with Crippen LogP contribution >= 0.6 is 11.6 Å². The molecule has 0 spiro atoms. The Balaban J connectivity index is 3.53. The lowest BCUT2D eigenvalue weighted by Gasteiger charge is -2.13. The highest BCUT2D eigenvalue weighted by Gasteiger charge is 2.37. The minimum Gasteiger partial charge on any atom is -0.258 e. The summed E-state index contributed by atoms with van der Waals surface area (Å²) in [6, 6.07) is 2.06. The number of hydrogen-bond donors (Lipinski definition) is 0. The Hall–Kier alpha value is -1.30. The maximum Gasteiger partial charge on any atom is 0.417 e. The van der Waals surface area contributed by atoms with Crippen molar-refractivity contribution in [3.05, 3.63) is 38.9 Å². The number of halogens is 4. The summed E-state index contributed by atoms with van der Waals surface area (Å²) in [6.07, 6.45) is -4.64. The van der Waals surface area contributed by atoms with Crippen LogP contribution in [0.1, 0.15) is 16.7 Å². The van der Waals surface area contributed by atoms with Crippen molar-refractivity contribution in [1.29, 1.82) is 0 Å². The van der Waals surface area contributed by atoms with Crippen LogP contribution in [0, 0.1) is 17.0 Å². The van der Waals surface area contributed by atoms with Crippen LogP contribution in [0.25, 0.3) is 0 Å². The maximum absolute atomic E-state index is 12.7. The topological polar surface area (TPSA) is 43.1 Å². The van der Waals surface area contributed by atoms with Crippen LogP contribution < -0.4 is 0 Å². The van der Waals surface area contributed by atoms with Gasteiger partial charge in [-0.3, -0.25) is 10.1 Å². The Bertz CT molecular complexity index is 431. The zero-order chi connectivity index (χ0) is 12.5. The highest BCUT2D eigenvalue weighted by atomic mass is 35.5. The average Bonchev–Trinajstić information content (AvgIpc) is 2.14. The molecule has 88 valence electrons. The maximum atomic E-state index is 12.7. The summed E-state index contributed by atoms with van der Waals surface area (Å²) in [5.41, 5.74) is -2.13. The summed E-state index contributed by atoms with van der Waals surface area (Å²) < 4.78 is 38.0. The van der Waals surface area contributed by atoms with Crippen molar-refractivity contribution in [3.8, 4) is 0 Å². The number of nitrogens with zero attached hydrogens (tertiary/aromatic N) is 1. The van der Waals surface area contributed by atoms with E-state index in [1.165, 1.54) is 0 Å². The molecule has 3 nitrogen and oxygen atoms in total. The first-order valence-electron chi connectivity index (χ1n) is 4.19. The molecule has 0 heterocycles. The van der Waals surface area contributed by atoms with Crippen LogP contribution in [-0.2, 0) is 12.1 Å². The molecule has 0 radical (unpaired) electrons. The first-order chi connectivity index (χ1) is 7.29. The van der Waals surface area contributed by atoms with Gasteiger partial charge in [0.15, 0.2) is 0 Å². The van der Waals surface area contributed by atoms with Gasteiger partial charge in [-0.2, -0.15) is 13.2 Å². The molecule has 7 heteroatoms. The van der Waals surface area contributed by atoms with Gasteiger partial charge < -0.3 is 0 Å². The third-order valence-corrected chi connectivity index (χ3v) is 2.43. The Morgan fingerprint density at radius 1 is 1.44 bits per heavy atom. The number of alkyl halides is 4. The Labute approximate surface area is 94.0 Å². The molecule has 0 amide bonds. The zero-order valence-electron chi connectivity index (χ0n) is 8.14. The number of benzene rings is 1. The summed E-state index contributed by atoms with van der Waals surface area (Å²) >= 11 is 5.37. The summed E-state index contributed by atoms with van der Waals surface area (Å²) in [4.78, 5) is 9.66. The van der Waals surface area contributed by atoms with Crippen molar-refractivity contribution in [2.45, 2.75) is 19.0 Å². The van der Waals surface area contributed by atoms with E-state index >= 15 is 0 Å². The molecule has 0 aliphatic carbocycles. The molecule has 0 unspecified atom stereocenters. The van der Waals surface area contributed by atoms with E-state index in [0.29, 0.717) is 0 Å². The van der Waals surface area contributed by atoms with Gasteiger partial charge in [0.2, 0.25) is 0 Å². The van der Waals surface area contributed by atoms with Crippen LogP contribution in [0.4, 0.5) is 18.9 Å². The lowest BCUT2D eigenvalue weighted by molar-refractivity contribution is -0.385. The van der Waals surface area contributed by atoms with Crippen molar-refractivity contribution in [3.63, 3.8) is 0 Å². The molecule has 1 rings (SSSR count). The quantitative estimate of drug-likeness (QED) is 0.459. The largest absolute Gasteiger partial charge is 0.417 e. The van der Waals surface area contributed by atoms with E-state index in [4.69, 9.17) is 11.6 Å². The van der Waals surface area contributed by atoms with Gasteiger partial charge in [-0.05, 0) is 12.5 Å². The molecule has 0 saturated heterocycles. The number of nitro groups is 1. The smallest absolute Gasteiger partial charge is 0.258 e. The van der Waals surface area contributed by atoms with E-state index in [-0.39, 0.29) is 11.4 Å². The van der Waals surface area contributed by atoms with Gasteiger partial charge in [0.25, 0.3) is 5.69 Å². The fourth-order valence-corrected chi connectivity index (χ4v) is 1.68. The second-order valence-electron chi connectivity index (χ2n) is 3.13. The van der Waals surface area contributed by atoms with Crippen molar-refractivity contribution < 1.29 is 18.1 Å². The number of nitro benzene ring substituents is 1. The Morgan fingerprint density at radius 2 is 2.00 bits per heavy atom. The van der Waals surface area contributed by atoms with Crippen LogP contribution in [0.5, 0.6) is 0 Å². The van der Waals surface area contributed by atoms with E-state index in [0.717, 1.165) is 19.1 Å². The predicted octanol–water partition coefficient (Wildman–Crippen LogP) is 3.66. The van der Waals surface area contributed by atoms with E-state index < -0.39 is 27.9 Å². The molecule has 0 N–H and O–H groups in total. The Morgan fingerprint density at radius 3 is 2.38 bits per heavy atom. The van der Waals surface area contributed by atoms with Crippen LogP contribution in [0.3, 0.4) is 0 Å². The molecule has 0 fully saturated rings. The number of rotatable bonds is 2. The molecule has 1 aromatic carbocycles. The van der Waals surface area contributed by atoms with Gasteiger partial charge in [-0.25, -0.2) is 0 Å². The van der Waals surface area contributed by atoms with Crippen molar-refractivity contribution in [2.75, 3.05) is 0 Å². The molecule has 0 saturated carbocycles. The van der Waals surface area contributed by atoms with Gasteiger partial charge >= 0.3 is 6.18 Å². The molecular formula is C9H7ClF3NO2. The SMILES string of the molecule is Cc1c([N+](=O)[O-])ccc(CCl)c1C(F)(F)F. The van der Waals surface area contributed by atoms with Crippen LogP contribution in [0.2, 0.25) is 0 Å². The van der Waals surface area contributed by atoms with Gasteiger partial charge in [-0.15, -0.1) is 11.6 Å². The Kier molecular flexibility index (Phi) is 3.42. The number of hydrogen-bond acceptors (Lipinski definition) is 2. The van der Waals surface area contributed by atoms with Gasteiger partial charge in [0.05, 0.1) is 10.5 Å². The van der Waals surface area contributed by atoms with E-state index in [9.17, 15) is 23.3 Å². The molecule has 0 aliphatic heterocycles. The molecule has 16 heavy (non-hydrogen) atoms. The summed E-state index contributed by atoms with van der Waals surface area (Å²) in [7, 11) is 0. The normalized spacial score (nSPS) is 11.6. The van der Waals surface area contributed by atoms with E-state index in [1.807, 2.05) is 0 Å². The third-order valence-electron chi connectivity index (χ3n) is 2.15. The second-order valence-corrected chi connectivity index (χ2v) is 3.40. The molecule has 1 aromatic rings. The van der Waals surface area contributed by atoms with Crippen molar-refractivity contribution in [1.82, 2.24) is 0 Å². The molecule has 0 bridgehead atoms. The first kappa shape index (κ1) is 12.8. The minimum absolute atomic E-state index is 0.155. The van der Waals surface area contributed by atoms with Crippen LogP contribution in [-0.4, -0.2) is 4.92 Å². The van der Waals surface area contributed by atoms with E-state index in [1.54, 1.807) is 0 Å². The average molecular weight is 254 g/mol. The minimum atomic E-state index is -4.64. The highest BCUT2D eigenvalue weighted by molar-refractivity contribution is 6.17. The second kappa shape index (κ2) is 4.29. The molecule has 0 aromatic heterocycles. The van der Waals surface area contributed by atoms with Crippen LogP contribution in [0.15, 0.2) is 12.1 Å². The fraction of sp³-hybridized carbons (Fsp3) is 0.333. The zero-order valence-corrected chi connectivity index (χ0v) is 8.89. The fourth-order valence-electron chi connectivity index (χ4n) is 1.46. The standard InChI is InChI=1S/C9H7ClF3NO2/c1-5-7(14(15)16)3-2-6(4-10)8(5)9(11,12)13/h2-3H,4H2,1H3. The molecular weight excluding hydrogens is 247 g/mol. The summed E-state index contributed by atoms with van der Waals surface area (Å²) in [6.45, 7) is 1.07. The molecule has 0 aliphatic rings. The summed E-state index contributed by atoms with van der Waals surface area (Å²) in [5, 5.41) is 10.5. The molecule has 0 atom stereocenters. The van der Waals surface area contributed by atoms with E-state index in [2.05, 4.69) is 0 Å². The van der Waals surface area contributed by atoms with Crippen molar-refractivity contribution in [2.24, 2.45) is 0 Å². The monoisotopic (exact) mass is 253 g/mol. The first-order valence-corrected chi connectivity index (χ1v) is 4.72. The van der Waals surface area contributed by atoms with Gasteiger partial charge in [0.1, 0.15) is 0 Å². The summed E-state index contributed by atoms with van der Waals surface area (Å²) in [5.74, 6) is -0.340.